The van der Waals surface area contributed by atoms with E-state index in [4.69, 9.17) is 15.2 Å². The van der Waals surface area contributed by atoms with Gasteiger partial charge >= 0.3 is 0 Å². The summed E-state index contributed by atoms with van der Waals surface area (Å²) in [7, 11) is 1.64. The number of ether oxygens (including phenoxy) is 2. The molecule has 30 heavy (non-hydrogen) atoms. The van der Waals surface area contributed by atoms with Crippen LogP contribution in [0.3, 0.4) is 0 Å². The van der Waals surface area contributed by atoms with Crippen LogP contribution in [0.15, 0.2) is 48.5 Å². The van der Waals surface area contributed by atoms with Crippen LogP contribution in [0, 0.1) is 0 Å². The Hall–Kier alpha value is -3.02. The molecule has 0 spiro atoms. The second kappa shape index (κ2) is 12.5. The molecule has 0 saturated heterocycles. The highest BCUT2D eigenvalue weighted by Crippen LogP contribution is 2.28. The van der Waals surface area contributed by atoms with Crippen LogP contribution in [0.1, 0.15) is 43.7 Å². The third kappa shape index (κ3) is 7.78. The van der Waals surface area contributed by atoms with Crippen molar-refractivity contribution in [3.05, 3.63) is 59.7 Å². The predicted octanol–water partition coefficient (Wildman–Crippen LogP) is 3.41. The van der Waals surface area contributed by atoms with Crippen LogP contribution >= 0.6 is 0 Å². The first-order valence-electron chi connectivity index (χ1n) is 10.5. The average Bonchev–Trinajstić information content (AvgIpc) is 2.76. The minimum atomic E-state index is -0.693. The highest BCUT2D eigenvalue weighted by Gasteiger charge is 2.18. The number of benzene rings is 2. The molecule has 2 aromatic rings. The fourth-order valence-corrected chi connectivity index (χ4v) is 3.14. The summed E-state index contributed by atoms with van der Waals surface area (Å²) in [6.45, 7) is 2.65. The number of primary amides is 1. The number of amides is 2. The van der Waals surface area contributed by atoms with Crippen LogP contribution in [0.2, 0.25) is 0 Å². The fourth-order valence-electron chi connectivity index (χ4n) is 3.14. The van der Waals surface area contributed by atoms with E-state index in [1.54, 1.807) is 7.11 Å². The van der Waals surface area contributed by atoms with Crippen LogP contribution in [0.5, 0.6) is 11.5 Å². The maximum Gasteiger partial charge on any atom is 0.240 e. The number of carbonyl (C=O) groups is 2. The predicted molar refractivity (Wildman–Crippen MR) is 118 cm³/mol. The van der Waals surface area contributed by atoms with Crippen molar-refractivity contribution in [2.45, 2.75) is 51.5 Å². The van der Waals surface area contributed by atoms with Crippen molar-refractivity contribution in [2.75, 3.05) is 13.7 Å². The lowest BCUT2D eigenvalue weighted by atomic mass is 10.1. The van der Waals surface area contributed by atoms with Gasteiger partial charge in [0, 0.05) is 12.8 Å². The molecule has 0 saturated carbocycles. The molecule has 6 heteroatoms. The molecule has 0 bridgehead atoms. The number of carbonyl (C=O) groups excluding carboxylic acids is 2. The molecule has 2 amide bonds. The van der Waals surface area contributed by atoms with E-state index in [1.807, 2.05) is 48.5 Å². The number of hydrogen-bond donors (Lipinski definition) is 2. The molecule has 0 heterocycles. The van der Waals surface area contributed by atoms with E-state index in [-0.39, 0.29) is 5.91 Å². The SMILES string of the molecule is CCc1ccc(OCCCCCC(=O)NC(Cc2ccccc2)C(N)=O)c(OC)c1. The zero-order valence-electron chi connectivity index (χ0n) is 17.9. The van der Waals surface area contributed by atoms with Crippen LogP contribution in [0.25, 0.3) is 0 Å². The summed E-state index contributed by atoms with van der Waals surface area (Å²) < 4.78 is 11.2. The van der Waals surface area contributed by atoms with Gasteiger partial charge in [-0.15, -0.1) is 0 Å². The summed E-state index contributed by atoms with van der Waals surface area (Å²) in [6, 6.07) is 14.8. The van der Waals surface area contributed by atoms with Crippen molar-refractivity contribution in [1.29, 1.82) is 0 Å². The van der Waals surface area contributed by atoms with Crippen molar-refractivity contribution in [3.63, 3.8) is 0 Å². The van der Waals surface area contributed by atoms with Crippen LogP contribution in [-0.2, 0) is 22.4 Å². The van der Waals surface area contributed by atoms with Gasteiger partial charge in [0.15, 0.2) is 11.5 Å². The van der Waals surface area contributed by atoms with Crippen molar-refractivity contribution in [3.8, 4) is 11.5 Å². The van der Waals surface area contributed by atoms with Crippen molar-refractivity contribution in [1.82, 2.24) is 5.32 Å². The van der Waals surface area contributed by atoms with Crippen LogP contribution in [-0.4, -0.2) is 31.6 Å². The number of methoxy groups -OCH3 is 1. The highest BCUT2D eigenvalue weighted by molar-refractivity contribution is 5.86. The van der Waals surface area contributed by atoms with E-state index in [9.17, 15) is 9.59 Å². The summed E-state index contributed by atoms with van der Waals surface area (Å²) in [6.07, 6.45) is 4.10. The molecular weight excluding hydrogens is 380 g/mol. The maximum atomic E-state index is 12.2. The molecule has 1 unspecified atom stereocenters. The lowest BCUT2D eigenvalue weighted by Gasteiger charge is -2.15. The zero-order chi connectivity index (χ0) is 21.8. The van der Waals surface area contributed by atoms with E-state index in [2.05, 4.69) is 12.2 Å². The maximum absolute atomic E-state index is 12.2. The van der Waals surface area contributed by atoms with E-state index in [1.165, 1.54) is 5.56 Å². The molecule has 2 aromatic carbocycles. The smallest absolute Gasteiger partial charge is 0.240 e. The van der Waals surface area contributed by atoms with Crippen LogP contribution < -0.4 is 20.5 Å². The first-order valence-corrected chi connectivity index (χ1v) is 10.5. The van der Waals surface area contributed by atoms with Crippen molar-refractivity contribution in [2.24, 2.45) is 5.73 Å². The molecule has 0 aromatic heterocycles. The van der Waals surface area contributed by atoms with Gasteiger partial charge < -0.3 is 20.5 Å². The van der Waals surface area contributed by atoms with Gasteiger partial charge in [0.25, 0.3) is 0 Å². The molecule has 1 atom stereocenters. The number of rotatable bonds is 13. The molecule has 0 aliphatic rings. The summed E-state index contributed by atoms with van der Waals surface area (Å²) in [5.74, 6) is 0.790. The van der Waals surface area contributed by atoms with Gasteiger partial charge in [-0.1, -0.05) is 43.3 Å². The Morgan fingerprint density at radius 1 is 1.00 bits per heavy atom. The normalized spacial score (nSPS) is 11.5. The number of nitrogens with one attached hydrogen (secondary N) is 1. The molecule has 0 fully saturated rings. The van der Waals surface area contributed by atoms with E-state index >= 15 is 0 Å². The van der Waals surface area contributed by atoms with Crippen molar-refractivity contribution < 1.29 is 19.1 Å². The number of unbranched alkanes of at least 4 members (excludes halogenated alkanes) is 2. The van der Waals surface area contributed by atoms with Gasteiger partial charge in [0.05, 0.1) is 13.7 Å². The number of nitrogens with two attached hydrogens (primary N) is 1. The van der Waals surface area contributed by atoms with E-state index < -0.39 is 11.9 Å². The minimum absolute atomic E-state index is 0.160. The Morgan fingerprint density at radius 3 is 2.43 bits per heavy atom. The molecule has 2 rings (SSSR count). The molecule has 0 aliphatic carbocycles. The first-order chi connectivity index (χ1) is 14.5. The molecule has 6 nitrogen and oxygen atoms in total. The van der Waals surface area contributed by atoms with Gasteiger partial charge in [-0.3, -0.25) is 9.59 Å². The molecule has 162 valence electrons. The van der Waals surface area contributed by atoms with Gasteiger partial charge in [-0.2, -0.15) is 0 Å². The van der Waals surface area contributed by atoms with E-state index in [0.29, 0.717) is 19.4 Å². The lowest BCUT2D eigenvalue weighted by Crippen LogP contribution is -2.45. The third-order valence-corrected chi connectivity index (χ3v) is 4.90. The second-order valence-electron chi connectivity index (χ2n) is 7.21. The third-order valence-electron chi connectivity index (χ3n) is 4.90. The number of aryl methyl sites for hydroxylation is 1. The average molecular weight is 413 g/mol. The topological polar surface area (TPSA) is 90.6 Å². The lowest BCUT2D eigenvalue weighted by molar-refractivity contribution is -0.127. The molecule has 0 radical (unpaired) electrons. The summed E-state index contributed by atoms with van der Waals surface area (Å²) in [4.78, 5) is 23.8. The van der Waals surface area contributed by atoms with Crippen LogP contribution in [0.4, 0.5) is 0 Å². The quantitative estimate of drug-likeness (QED) is 0.493. The highest BCUT2D eigenvalue weighted by atomic mass is 16.5. The monoisotopic (exact) mass is 412 g/mol. The summed E-state index contributed by atoms with van der Waals surface area (Å²) >= 11 is 0. The Bertz CT molecular complexity index is 808. The summed E-state index contributed by atoms with van der Waals surface area (Å²) in [5.41, 5.74) is 7.60. The second-order valence-corrected chi connectivity index (χ2v) is 7.21. The van der Waals surface area contributed by atoms with Gasteiger partial charge in [-0.25, -0.2) is 0 Å². The Balaban J connectivity index is 1.67. The number of hydrogen-bond acceptors (Lipinski definition) is 4. The molecule has 3 N–H and O–H groups in total. The van der Waals surface area contributed by atoms with E-state index in [0.717, 1.165) is 42.7 Å². The Labute approximate surface area is 178 Å². The largest absolute Gasteiger partial charge is 0.493 e. The molecular formula is C24H32N2O4. The van der Waals surface area contributed by atoms with Crippen molar-refractivity contribution >= 4 is 11.8 Å². The fraction of sp³-hybridized carbons (Fsp3) is 0.417. The zero-order valence-corrected chi connectivity index (χ0v) is 17.9. The van der Waals surface area contributed by atoms with Gasteiger partial charge in [0.2, 0.25) is 11.8 Å². The Morgan fingerprint density at radius 2 is 1.77 bits per heavy atom. The first kappa shape index (κ1) is 23.3. The standard InChI is InChI=1S/C24H32N2O4/c1-3-18-13-14-21(22(17-18)29-2)30-15-9-5-8-12-23(27)26-20(24(25)28)16-19-10-6-4-7-11-19/h4,6-7,10-11,13-14,17,20H,3,5,8-9,12,15-16H2,1-2H3,(H2,25,28)(H,26,27). The summed E-state index contributed by atoms with van der Waals surface area (Å²) in [5, 5.41) is 2.75. The van der Waals surface area contributed by atoms with Gasteiger partial charge in [-0.05, 0) is 48.9 Å². The van der Waals surface area contributed by atoms with Gasteiger partial charge in [0.1, 0.15) is 6.04 Å². The molecule has 0 aliphatic heterocycles. The Kier molecular flexibility index (Phi) is 9.71. The minimum Gasteiger partial charge on any atom is -0.493 e.